The molecule has 0 spiro atoms. The molecule has 13 heavy (non-hydrogen) atoms. The summed E-state index contributed by atoms with van der Waals surface area (Å²) in [5.74, 6) is -0.968. The van der Waals surface area contributed by atoms with E-state index < -0.39 is 11.8 Å². The minimum Gasteiger partial charge on any atom is -0.351 e. The maximum absolute atomic E-state index is 11.4. The summed E-state index contributed by atoms with van der Waals surface area (Å²) < 4.78 is 0. The second-order valence-electron chi connectivity index (χ2n) is 3.14. The summed E-state index contributed by atoms with van der Waals surface area (Å²) >= 11 is 0. The summed E-state index contributed by atoms with van der Waals surface area (Å²) in [6.07, 6.45) is 2.93. The molecule has 1 heterocycles. The quantitative estimate of drug-likeness (QED) is 0.420. The molecule has 4 nitrogen and oxygen atoms in total. The maximum Gasteiger partial charge on any atom is 0.312 e. The SMILES string of the molecule is CNC(=O)C(=O)N1CCC=C(C)C1. The Morgan fingerprint density at radius 3 is 2.77 bits per heavy atom. The van der Waals surface area contributed by atoms with Crippen LogP contribution in [0.25, 0.3) is 0 Å². The van der Waals surface area contributed by atoms with E-state index in [1.165, 1.54) is 7.05 Å². The van der Waals surface area contributed by atoms with Crippen LogP contribution in [0.3, 0.4) is 0 Å². The van der Waals surface area contributed by atoms with Crippen LogP contribution in [-0.4, -0.2) is 36.9 Å². The molecule has 0 aromatic rings. The van der Waals surface area contributed by atoms with E-state index in [-0.39, 0.29) is 0 Å². The average molecular weight is 182 g/mol. The fraction of sp³-hybridized carbons (Fsp3) is 0.556. The molecule has 0 aromatic carbocycles. The van der Waals surface area contributed by atoms with Crippen molar-refractivity contribution in [3.05, 3.63) is 11.6 Å². The molecule has 1 aliphatic rings. The smallest absolute Gasteiger partial charge is 0.312 e. The number of amides is 2. The van der Waals surface area contributed by atoms with Gasteiger partial charge in [0, 0.05) is 20.1 Å². The van der Waals surface area contributed by atoms with Gasteiger partial charge in [-0.1, -0.05) is 11.6 Å². The van der Waals surface area contributed by atoms with Crippen LogP contribution in [0.1, 0.15) is 13.3 Å². The molecule has 72 valence electrons. The van der Waals surface area contributed by atoms with Gasteiger partial charge in [0.2, 0.25) is 0 Å². The van der Waals surface area contributed by atoms with Crippen molar-refractivity contribution in [3.8, 4) is 0 Å². The number of carbonyl (C=O) groups is 2. The van der Waals surface area contributed by atoms with Crippen molar-refractivity contribution in [1.29, 1.82) is 0 Å². The van der Waals surface area contributed by atoms with Crippen molar-refractivity contribution in [2.24, 2.45) is 0 Å². The van der Waals surface area contributed by atoms with Crippen LogP contribution in [0.4, 0.5) is 0 Å². The molecule has 1 rings (SSSR count). The monoisotopic (exact) mass is 182 g/mol. The number of hydrogen-bond acceptors (Lipinski definition) is 2. The fourth-order valence-corrected chi connectivity index (χ4v) is 1.34. The summed E-state index contributed by atoms with van der Waals surface area (Å²) in [6.45, 7) is 3.18. The van der Waals surface area contributed by atoms with E-state index in [1.54, 1.807) is 4.90 Å². The predicted octanol–water partition coefficient (Wildman–Crippen LogP) is -0.0890. The molecule has 0 saturated heterocycles. The molecule has 0 unspecified atom stereocenters. The summed E-state index contributed by atoms with van der Waals surface area (Å²) in [5.41, 5.74) is 1.14. The van der Waals surface area contributed by atoms with E-state index in [2.05, 4.69) is 11.4 Å². The van der Waals surface area contributed by atoms with Crippen molar-refractivity contribution in [2.45, 2.75) is 13.3 Å². The van der Waals surface area contributed by atoms with Gasteiger partial charge in [-0.2, -0.15) is 0 Å². The van der Waals surface area contributed by atoms with Crippen molar-refractivity contribution < 1.29 is 9.59 Å². The van der Waals surface area contributed by atoms with E-state index in [4.69, 9.17) is 0 Å². The molecular formula is C9H14N2O2. The van der Waals surface area contributed by atoms with Gasteiger partial charge in [-0.15, -0.1) is 0 Å². The van der Waals surface area contributed by atoms with Crippen LogP contribution in [0.2, 0.25) is 0 Å². The van der Waals surface area contributed by atoms with Crippen molar-refractivity contribution in [1.82, 2.24) is 10.2 Å². The van der Waals surface area contributed by atoms with Crippen molar-refractivity contribution >= 4 is 11.8 Å². The van der Waals surface area contributed by atoms with E-state index in [0.717, 1.165) is 12.0 Å². The molecule has 1 aliphatic heterocycles. The number of likely N-dealkylation sites (N-methyl/N-ethyl adjacent to an activating group) is 1. The summed E-state index contributed by atoms with van der Waals surface area (Å²) in [4.78, 5) is 23.9. The zero-order valence-electron chi connectivity index (χ0n) is 7.96. The van der Waals surface area contributed by atoms with Crippen LogP contribution in [0, 0.1) is 0 Å². The molecule has 0 bridgehead atoms. The third kappa shape index (κ3) is 2.31. The summed E-state index contributed by atoms with van der Waals surface area (Å²) in [5, 5.41) is 2.33. The van der Waals surface area contributed by atoms with E-state index in [1.807, 2.05) is 6.92 Å². The third-order valence-corrected chi connectivity index (χ3v) is 2.04. The van der Waals surface area contributed by atoms with Gasteiger partial charge < -0.3 is 10.2 Å². The Bertz CT molecular complexity index is 258. The molecule has 0 saturated carbocycles. The molecule has 1 N–H and O–H groups in total. The first-order chi connectivity index (χ1) is 6.15. The lowest BCUT2D eigenvalue weighted by atomic mass is 10.1. The zero-order valence-corrected chi connectivity index (χ0v) is 7.96. The van der Waals surface area contributed by atoms with Gasteiger partial charge in [-0.05, 0) is 13.3 Å². The van der Waals surface area contributed by atoms with Crippen molar-refractivity contribution in [3.63, 3.8) is 0 Å². The molecule has 0 atom stereocenters. The Labute approximate surface area is 77.6 Å². The number of nitrogens with one attached hydrogen (secondary N) is 1. The van der Waals surface area contributed by atoms with Gasteiger partial charge in [-0.3, -0.25) is 9.59 Å². The molecule has 4 heteroatoms. The highest BCUT2D eigenvalue weighted by molar-refractivity contribution is 6.34. The first kappa shape index (κ1) is 9.77. The molecule has 0 radical (unpaired) electrons. The highest BCUT2D eigenvalue weighted by atomic mass is 16.2. The van der Waals surface area contributed by atoms with Crippen molar-refractivity contribution in [2.75, 3.05) is 20.1 Å². The highest BCUT2D eigenvalue weighted by Crippen LogP contribution is 2.08. The summed E-state index contributed by atoms with van der Waals surface area (Å²) in [7, 11) is 1.47. The lowest BCUT2D eigenvalue weighted by Crippen LogP contribution is -2.43. The van der Waals surface area contributed by atoms with E-state index in [0.29, 0.717) is 13.1 Å². The Kier molecular flexibility index (Phi) is 3.06. The van der Waals surface area contributed by atoms with Crippen LogP contribution in [0.15, 0.2) is 11.6 Å². The van der Waals surface area contributed by atoms with Gasteiger partial charge in [0.25, 0.3) is 0 Å². The number of carbonyl (C=O) groups excluding carboxylic acids is 2. The van der Waals surface area contributed by atoms with Crippen LogP contribution in [-0.2, 0) is 9.59 Å². The van der Waals surface area contributed by atoms with Gasteiger partial charge in [0.05, 0.1) is 0 Å². The van der Waals surface area contributed by atoms with Crippen LogP contribution >= 0.6 is 0 Å². The minimum atomic E-state index is -0.533. The zero-order chi connectivity index (χ0) is 9.84. The van der Waals surface area contributed by atoms with Gasteiger partial charge in [-0.25, -0.2) is 0 Å². The Morgan fingerprint density at radius 1 is 1.54 bits per heavy atom. The number of hydrogen-bond donors (Lipinski definition) is 1. The fourth-order valence-electron chi connectivity index (χ4n) is 1.34. The van der Waals surface area contributed by atoms with Gasteiger partial charge in [0.1, 0.15) is 0 Å². The van der Waals surface area contributed by atoms with Crippen LogP contribution < -0.4 is 5.32 Å². The maximum atomic E-state index is 11.4. The average Bonchev–Trinajstić information content (AvgIpc) is 2.15. The largest absolute Gasteiger partial charge is 0.351 e. The molecule has 0 aromatic heterocycles. The lowest BCUT2D eigenvalue weighted by molar-refractivity contribution is -0.145. The predicted molar refractivity (Wildman–Crippen MR) is 49.0 cm³/mol. The summed E-state index contributed by atoms with van der Waals surface area (Å²) in [6, 6.07) is 0. The molecule has 2 amide bonds. The molecule has 0 aliphatic carbocycles. The Morgan fingerprint density at radius 2 is 2.23 bits per heavy atom. The standard InChI is InChI=1S/C9H14N2O2/c1-7-4-3-5-11(6-7)9(13)8(12)10-2/h4H,3,5-6H2,1-2H3,(H,10,12). The first-order valence-electron chi connectivity index (χ1n) is 4.31. The first-order valence-corrected chi connectivity index (χ1v) is 4.31. The Hall–Kier alpha value is -1.32. The molecular weight excluding hydrogens is 168 g/mol. The van der Waals surface area contributed by atoms with Crippen LogP contribution in [0.5, 0.6) is 0 Å². The highest BCUT2D eigenvalue weighted by Gasteiger charge is 2.21. The second-order valence-corrected chi connectivity index (χ2v) is 3.14. The normalized spacial score (nSPS) is 16.5. The Balaban J connectivity index is 2.59. The van der Waals surface area contributed by atoms with Gasteiger partial charge >= 0.3 is 11.8 Å². The van der Waals surface area contributed by atoms with E-state index in [9.17, 15) is 9.59 Å². The number of rotatable bonds is 0. The number of nitrogens with zero attached hydrogens (tertiary/aromatic N) is 1. The third-order valence-electron chi connectivity index (χ3n) is 2.04. The van der Waals surface area contributed by atoms with E-state index >= 15 is 0 Å². The minimum absolute atomic E-state index is 0.435. The topological polar surface area (TPSA) is 49.4 Å². The second kappa shape index (κ2) is 4.07. The van der Waals surface area contributed by atoms with Gasteiger partial charge in [0.15, 0.2) is 0 Å². The lowest BCUT2D eigenvalue weighted by Gasteiger charge is -2.25. The molecule has 0 fully saturated rings.